The number of sulfonamides is 1. The molecule has 102 valence electrons. The van der Waals surface area contributed by atoms with Crippen LogP contribution >= 0.6 is 11.6 Å². The minimum Gasteiger partial charge on any atom is -0.495 e. The molecule has 0 saturated carbocycles. The molecule has 7 heteroatoms. The van der Waals surface area contributed by atoms with Crippen molar-refractivity contribution in [3.8, 4) is 5.75 Å². The van der Waals surface area contributed by atoms with Crippen LogP contribution in [0.1, 0.15) is 6.92 Å². The molecule has 0 radical (unpaired) electrons. The van der Waals surface area contributed by atoms with Gasteiger partial charge in [-0.05, 0) is 25.1 Å². The van der Waals surface area contributed by atoms with Crippen LogP contribution in [0.2, 0.25) is 5.02 Å². The molecular formula is C11H16ClNO4S. The van der Waals surface area contributed by atoms with Gasteiger partial charge in [0.1, 0.15) is 5.75 Å². The van der Waals surface area contributed by atoms with Crippen LogP contribution in [0, 0.1) is 0 Å². The van der Waals surface area contributed by atoms with Crippen LogP contribution in [-0.4, -0.2) is 35.3 Å². The summed E-state index contributed by atoms with van der Waals surface area (Å²) in [4.78, 5) is 0.0938. The predicted molar refractivity (Wildman–Crippen MR) is 69.7 cm³/mol. The van der Waals surface area contributed by atoms with E-state index >= 15 is 0 Å². The van der Waals surface area contributed by atoms with E-state index in [9.17, 15) is 8.42 Å². The van der Waals surface area contributed by atoms with Crippen LogP contribution in [0.15, 0.2) is 23.1 Å². The van der Waals surface area contributed by atoms with Crippen LogP contribution in [0.5, 0.6) is 5.75 Å². The monoisotopic (exact) mass is 293 g/mol. The molecule has 0 fully saturated rings. The second-order valence-electron chi connectivity index (χ2n) is 3.77. The van der Waals surface area contributed by atoms with Crippen molar-refractivity contribution in [2.75, 3.05) is 20.8 Å². The van der Waals surface area contributed by atoms with Crippen molar-refractivity contribution in [3.05, 3.63) is 23.2 Å². The van der Waals surface area contributed by atoms with Crippen LogP contribution in [-0.2, 0) is 14.8 Å². The van der Waals surface area contributed by atoms with Gasteiger partial charge in [-0.2, -0.15) is 0 Å². The molecule has 0 aliphatic rings. The summed E-state index contributed by atoms with van der Waals surface area (Å²) in [5.41, 5.74) is 0. The molecule has 0 aliphatic carbocycles. The summed E-state index contributed by atoms with van der Waals surface area (Å²) in [6.07, 6.45) is 0. The first-order valence-electron chi connectivity index (χ1n) is 5.25. The lowest BCUT2D eigenvalue weighted by atomic mass is 10.3. The molecule has 5 nitrogen and oxygen atoms in total. The van der Waals surface area contributed by atoms with Crippen molar-refractivity contribution in [2.24, 2.45) is 0 Å². The van der Waals surface area contributed by atoms with E-state index < -0.39 is 10.0 Å². The van der Waals surface area contributed by atoms with Gasteiger partial charge in [-0.3, -0.25) is 0 Å². The molecule has 18 heavy (non-hydrogen) atoms. The van der Waals surface area contributed by atoms with Gasteiger partial charge in [0.15, 0.2) is 0 Å². The van der Waals surface area contributed by atoms with Gasteiger partial charge in [-0.15, -0.1) is 0 Å². The smallest absolute Gasteiger partial charge is 0.240 e. The Morgan fingerprint density at radius 3 is 2.56 bits per heavy atom. The highest BCUT2D eigenvalue weighted by atomic mass is 35.5. The number of methoxy groups -OCH3 is 2. The number of rotatable bonds is 6. The SMILES string of the molecule is COC[C@@H](C)NS(=O)(=O)c1ccc(OC)c(Cl)c1. The Morgan fingerprint density at radius 1 is 1.39 bits per heavy atom. The van der Waals surface area contributed by atoms with E-state index in [0.29, 0.717) is 12.4 Å². The molecule has 0 saturated heterocycles. The zero-order valence-corrected chi connectivity index (χ0v) is 12.0. The molecule has 0 aliphatic heterocycles. The maximum absolute atomic E-state index is 12.0. The average Bonchev–Trinajstić information content (AvgIpc) is 2.28. The Bertz CT molecular complexity index is 504. The molecule has 0 unspecified atom stereocenters. The number of halogens is 1. The number of nitrogens with one attached hydrogen (secondary N) is 1. The molecule has 1 N–H and O–H groups in total. The van der Waals surface area contributed by atoms with Crippen molar-refractivity contribution in [1.29, 1.82) is 0 Å². The van der Waals surface area contributed by atoms with Crippen LogP contribution < -0.4 is 9.46 Å². The molecular weight excluding hydrogens is 278 g/mol. The molecule has 1 aromatic carbocycles. The predicted octanol–water partition coefficient (Wildman–Crippen LogP) is 1.66. The highest BCUT2D eigenvalue weighted by molar-refractivity contribution is 7.89. The minimum absolute atomic E-state index is 0.0938. The fourth-order valence-electron chi connectivity index (χ4n) is 1.43. The third-order valence-corrected chi connectivity index (χ3v) is 4.09. The number of benzene rings is 1. The Morgan fingerprint density at radius 2 is 2.06 bits per heavy atom. The summed E-state index contributed by atoms with van der Waals surface area (Å²) in [6, 6.07) is 3.98. The van der Waals surface area contributed by atoms with Gasteiger partial charge in [-0.25, -0.2) is 13.1 Å². The van der Waals surface area contributed by atoms with E-state index in [1.165, 1.54) is 32.4 Å². The zero-order valence-electron chi connectivity index (χ0n) is 10.4. The Labute approximate surface area is 112 Å². The van der Waals surface area contributed by atoms with Crippen molar-refractivity contribution >= 4 is 21.6 Å². The van der Waals surface area contributed by atoms with E-state index in [-0.39, 0.29) is 16.0 Å². The average molecular weight is 294 g/mol. The molecule has 0 bridgehead atoms. The maximum Gasteiger partial charge on any atom is 0.240 e. The lowest BCUT2D eigenvalue weighted by Crippen LogP contribution is -2.35. The van der Waals surface area contributed by atoms with Crippen molar-refractivity contribution in [3.63, 3.8) is 0 Å². The second-order valence-corrected chi connectivity index (χ2v) is 5.90. The molecule has 1 rings (SSSR count). The van der Waals surface area contributed by atoms with Crippen molar-refractivity contribution in [1.82, 2.24) is 4.72 Å². The first-order valence-corrected chi connectivity index (χ1v) is 7.11. The lowest BCUT2D eigenvalue weighted by molar-refractivity contribution is 0.180. The van der Waals surface area contributed by atoms with Gasteiger partial charge in [0.2, 0.25) is 10.0 Å². The number of hydrogen-bond donors (Lipinski definition) is 1. The Kier molecular flexibility index (Phi) is 5.40. The highest BCUT2D eigenvalue weighted by Crippen LogP contribution is 2.26. The van der Waals surface area contributed by atoms with Gasteiger partial charge in [-0.1, -0.05) is 11.6 Å². The summed E-state index contributed by atoms with van der Waals surface area (Å²) in [5, 5.41) is 0.250. The van der Waals surface area contributed by atoms with Crippen molar-refractivity contribution < 1.29 is 17.9 Å². The third kappa shape index (κ3) is 3.84. The van der Waals surface area contributed by atoms with E-state index in [1.807, 2.05) is 0 Å². The topological polar surface area (TPSA) is 64.6 Å². The summed E-state index contributed by atoms with van der Waals surface area (Å²) in [7, 11) is -0.624. The first-order chi connectivity index (χ1) is 8.40. The fraction of sp³-hybridized carbons (Fsp3) is 0.455. The maximum atomic E-state index is 12.0. The van der Waals surface area contributed by atoms with Gasteiger partial charge >= 0.3 is 0 Å². The number of hydrogen-bond acceptors (Lipinski definition) is 4. The second kappa shape index (κ2) is 6.38. The van der Waals surface area contributed by atoms with Crippen LogP contribution in [0.25, 0.3) is 0 Å². The van der Waals surface area contributed by atoms with Crippen LogP contribution in [0.4, 0.5) is 0 Å². The third-order valence-electron chi connectivity index (χ3n) is 2.21. The Balaban J connectivity index is 2.95. The van der Waals surface area contributed by atoms with E-state index in [4.69, 9.17) is 21.1 Å². The Hall–Kier alpha value is -0.820. The lowest BCUT2D eigenvalue weighted by Gasteiger charge is -2.13. The molecule has 0 heterocycles. The molecule has 0 amide bonds. The molecule has 0 aromatic heterocycles. The van der Waals surface area contributed by atoms with E-state index in [2.05, 4.69) is 4.72 Å². The number of ether oxygens (including phenoxy) is 2. The zero-order chi connectivity index (χ0) is 13.8. The molecule has 1 aromatic rings. The summed E-state index contributed by atoms with van der Waals surface area (Å²) in [6.45, 7) is 2.01. The van der Waals surface area contributed by atoms with Gasteiger partial charge in [0.05, 0.1) is 23.6 Å². The van der Waals surface area contributed by atoms with E-state index in [1.54, 1.807) is 6.92 Å². The standard InChI is InChI=1S/C11H16ClNO4S/c1-8(7-16-2)13-18(14,15)9-4-5-11(17-3)10(12)6-9/h4-6,8,13H,7H2,1-3H3/t8-/m1/s1. The summed E-state index contributed by atoms with van der Waals surface area (Å²) >= 11 is 5.89. The van der Waals surface area contributed by atoms with Gasteiger partial charge < -0.3 is 9.47 Å². The normalized spacial score (nSPS) is 13.3. The highest BCUT2D eigenvalue weighted by Gasteiger charge is 2.18. The van der Waals surface area contributed by atoms with Crippen molar-refractivity contribution in [2.45, 2.75) is 17.9 Å². The van der Waals surface area contributed by atoms with E-state index in [0.717, 1.165) is 0 Å². The van der Waals surface area contributed by atoms with Gasteiger partial charge in [0, 0.05) is 13.2 Å². The summed E-state index contributed by atoms with van der Waals surface area (Å²) in [5.74, 6) is 0.431. The summed E-state index contributed by atoms with van der Waals surface area (Å²) < 4.78 is 36.3. The molecule has 0 spiro atoms. The fourth-order valence-corrected chi connectivity index (χ4v) is 3.01. The van der Waals surface area contributed by atoms with Crippen LogP contribution in [0.3, 0.4) is 0 Å². The van der Waals surface area contributed by atoms with Gasteiger partial charge in [0.25, 0.3) is 0 Å². The minimum atomic E-state index is -3.60. The quantitative estimate of drug-likeness (QED) is 0.866. The molecule has 1 atom stereocenters. The largest absolute Gasteiger partial charge is 0.495 e. The first kappa shape index (κ1) is 15.2.